The molecule has 25 heavy (non-hydrogen) atoms. The van der Waals surface area contributed by atoms with Crippen LogP contribution in [0.5, 0.6) is 5.75 Å². The van der Waals surface area contributed by atoms with Gasteiger partial charge in [-0.2, -0.15) is 0 Å². The Morgan fingerprint density at radius 3 is 2.32 bits per heavy atom. The minimum atomic E-state index is -0.307. The van der Waals surface area contributed by atoms with Crippen LogP contribution >= 0.6 is 0 Å². The summed E-state index contributed by atoms with van der Waals surface area (Å²) in [4.78, 5) is 12.2. The highest BCUT2D eigenvalue weighted by Crippen LogP contribution is 2.29. The SMILES string of the molecule is CCC(CC)(CN)NC(=O)CCOc1ccccc1-c1ccccc1. The third kappa shape index (κ3) is 5.07. The van der Waals surface area contributed by atoms with Gasteiger partial charge in [0.25, 0.3) is 0 Å². The van der Waals surface area contributed by atoms with E-state index in [0.717, 1.165) is 29.7 Å². The van der Waals surface area contributed by atoms with Crippen molar-refractivity contribution < 1.29 is 9.53 Å². The molecule has 0 aliphatic carbocycles. The van der Waals surface area contributed by atoms with Crippen molar-refractivity contribution >= 4 is 5.91 Å². The van der Waals surface area contributed by atoms with Gasteiger partial charge in [0.1, 0.15) is 5.75 Å². The molecule has 0 aliphatic heterocycles. The molecule has 2 aromatic carbocycles. The molecule has 4 nitrogen and oxygen atoms in total. The maximum Gasteiger partial charge on any atom is 0.223 e. The first-order valence-corrected chi connectivity index (χ1v) is 8.92. The highest BCUT2D eigenvalue weighted by molar-refractivity contribution is 5.77. The van der Waals surface area contributed by atoms with Gasteiger partial charge in [-0.1, -0.05) is 62.4 Å². The second-order valence-electron chi connectivity index (χ2n) is 6.20. The number of carbonyl (C=O) groups is 1. The summed E-state index contributed by atoms with van der Waals surface area (Å²) in [6.07, 6.45) is 1.96. The topological polar surface area (TPSA) is 64.3 Å². The minimum absolute atomic E-state index is 0.0219. The summed E-state index contributed by atoms with van der Waals surface area (Å²) < 4.78 is 5.89. The van der Waals surface area contributed by atoms with Crippen LogP contribution < -0.4 is 15.8 Å². The zero-order valence-electron chi connectivity index (χ0n) is 15.1. The van der Waals surface area contributed by atoms with Crippen molar-refractivity contribution in [3.63, 3.8) is 0 Å². The molecule has 0 fully saturated rings. The van der Waals surface area contributed by atoms with Crippen LogP contribution in [0, 0.1) is 0 Å². The highest BCUT2D eigenvalue weighted by Gasteiger charge is 2.25. The number of hydrogen-bond acceptors (Lipinski definition) is 3. The lowest BCUT2D eigenvalue weighted by atomic mass is 9.93. The molecule has 0 unspecified atom stereocenters. The number of rotatable bonds is 9. The van der Waals surface area contributed by atoms with Crippen LogP contribution in [0.4, 0.5) is 0 Å². The maximum atomic E-state index is 12.2. The van der Waals surface area contributed by atoms with E-state index in [9.17, 15) is 4.79 Å². The number of nitrogens with two attached hydrogens (primary N) is 1. The maximum absolute atomic E-state index is 12.2. The van der Waals surface area contributed by atoms with Crippen LogP contribution in [0.15, 0.2) is 54.6 Å². The first-order valence-electron chi connectivity index (χ1n) is 8.92. The molecule has 3 N–H and O–H groups in total. The van der Waals surface area contributed by atoms with E-state index in [-0.39, 0.29) is 11.4 Å². The number of ether oxygens (including phenoxy) is 1. The lowest BCUT2D eigenvalue weighted by molar-refractivity contribution is -0.123. The van der Waals surface area contributed by atoms with E-state index in [0.29, 0.717) is 19.6 Å². The molecule has 0 radical (unpaired) electrons. The van der Waals surface area contributed by atoms with Crippen LogP contribution in [-0.4, -0.2) is 24.6 Å². The average Bonchev–Trinajstić information content (AvgIpc) is 2.67. The lowest BCUT2D eigenvalue weighted by Gasteiger charge is -2.31. The predicted octanol–water partition coefficient (Wildman–Crippen LogP) is 3.76. The second-order valence-corrected chi connectivity index (χ2v) is 6.20. The summed E-state index contributed by atoms with van der Waals surface area (Å²) in [6.45, 7) is 4.87. The molecule has 0 aromatic heterocycles. The highest BCUT2D eigenvalue weighted by atomic mass is 16.5. The normalized spacial score (nSPS) is 11.2. The van der Waals surface area contributed by atoms with Gasteiger partial charge < -0.3 is 15.8 Å². The van der Waals surface area contributed by atoms with Gasteiger partial charge in [0.15, 0.2) is 0 Å². The molecule has 134 valence electrons. The fraction of sp³-hybridized carbons (Fsp3) is 0.381. The third-order valence-corrected chi connectivity index (χ3v) is 4.71. The van der Waals surface area contributed by atoms with Crippen LogP contribution in [0.2, 0.25) is 0 Å². The molecular weight excluding hydrogens is 312 g/mol. The van der Waals surface area contributed by atoms with Gasteiger partial charge in [0.2, 0.25) is 5.91 Å². The fourth-order valence-corrected chi connectivity index (χ4v) is 2.83. The molecule has 0 aliphatic rings. The van der Waals surface area contributed by atoms with Crippen molar-refractivity contribution in [2.45, 2.75) is 38.6 Å². The van der Waals surface area contributed by atoms with Crippen molar-refractivity contribution in [3.05, 3.63) is 54.6 Å². The van der Waals surface area contributed by atoms with E-state index in [2.05, 4.69) is 5.32 Å². The number of carbonyl (C=O) groups excluding carboxylic acids is 1. The average molecular weight is 340 g/mol. The fourth-order valence-electron chi connectivity index (χ4n) is 2.83. The Hall–Kier alpha value is -2.33. The van der Waals surface area contributed by atoms with Crippen molar-refractivity contribution in [3.8, 4) is 16.9 Å². The standard InChI is InChI=1S/C21H28N2O2/c1-3-21(4-2,16-22)23-20(24)14-15-25-19-13-9-8-12-18(19)17-10-6-5-7-11-17/h5-13H,3-4,14-16,22H2,1-2H3,(H,23,24). The monoisotopic (exact) mass is 340 g/mol. The number of hydrogen-bond donors (Lipinski definition) is 2. The first kappa shape index (κ1) is 19.0. The molecule has 0 heterocycles. The van der Waals surface area contributed by atoms with Crippen LogP contribution in [0.3, 0.4) is 0 Å². The third-order valence-electron chi connectivity index (χ3n) is 4.71. The van der Waals surface area contributed by atoms with Gasteiger partial charge >= 0.3 is 0 Å². The van der Waals surface area contributed by atoms with Crippen LogP contribution in [-0.2, 0) is 4.79 Å². The Labute approximate surface area is 150 Å². The number of nitrogens with one attached hydrogen (secondary N) is 1. The summed E-state index contributed by atoms with van der Waals surface area (Å²) in [5.41, 5.74) is 7.66. The molecule has 0 saturated carbocycles. The van der Waals surface area contributed by atoms with E-state index in [1.165, 1.54) is 0 Å². The van der Waals surface area contributed by atoms with E-state index in [4.69, 9.17) is 10.5 Å². The molecule has 2 aromatic rings. The van der Waals surface area contributed by atoms with Crippen molar-refractivity contribution in [2.75, 3.05) is 13.2 Å². The molecule has 4 heteroatoms. The van der Waals surface area contributed by atoms with Gasteiger partial charge in [0, 0.05) is 12.1 Å². The smallest absolute Gasteiger partial charge is 0.223 e. The number of amides is 1. The largest absolute Gasteiger partial charge is 0.492 e. The molecule has 0 saturated heterocycles. The quantitative estimate of drug-likeness (QED) is 0.730. The Kier molecular flexibility index (Phi) is 7.02. The first-order chi connectivity index (χ1) is 12.1. The summed E-state index contributed by atoms with van der Waals surface area (Å²) in [5.74, 6) is 0.768. The van der Waals surface area contributed by atoms with Gasteiger partial charge in [0.05, 0.1) is 18.6 Å². The predicted molar refractivity (Wildman–Crippen MR) is 103 cm³/mol. The second kappa shape index (κ2) is 9.23. The van der Waals surface area contributed by atoms with Gasteiger partial charge in [-0.3, -0.25) is 4.79 Å². The van der Waals surface area contributed by atoms with Crippen LogP contribution in [0.25, 0.3) is 11.1 Å². The molecule has 0 spiro atoms. The van der Waals surface area contributed by atoms with E-state index < -0.39 is 0 Å². The number of para-hydroxylation sites is 1. The van der Waals surface area contributed by atoms with Gasteiger partial charge in [-0.25, -0.2) is 0 Å². The molecular formula is C21H28N2O2. The van der Waals surface area contributed by atoms with E-state index in [1.54, 1.807) is 0 Å². The summed E-state index contributed by atoms with van der Waals surface area (Å²) in [5, 5.41) is 3.07. The number of benzene rings is 2. The Morgan fingerprint density at radius 2 is 1.68 bits per heavy atom. The molecule has 1 amide bonds. The minimum Gasteiger partial charge on any atom is -0.492 e. The van der Waals surface area contributed by atoms with Crippen molar-refractivity contribution in [2.24, 2.45) is 5.73 Å². The Bertz CT molecular complexity index is 658. The summed E-state index contributed by atoms with van der Waals surface area (Å²) >= 11 is 0. The van der Waals surface area contributed by atoms with Gasteiger partial charge in [-0.05, 0) is 24.5 Å². The van der Waals surface area contributed by atoms with Crippen molar-refractivity contribution in [1.29, 1.82) is 0 Å². The zero-order valence-corrected chi connectivity index (χ0v) is 15.1. The lowest BCUT2D eigenvalue weighted by Crippen LogP contribution is -2.53. The molecule has 0 bridgehead atoms. The Morgan fingerprint density at radius 1 is 1.04 bits per heavy atom. The van der Waals surface area contributed by atoms with Crippen LogP contribution in [0.1, 0.15) is 33.1 Å². The van der Waals surface area contributed by atoms with Gasteiger partial charge in [-0.15, -0.1) is 0 Å². The zero-order chi connectivity index (χ0) is 18.1. The van der Waals surface area contributed by atoms with E-state index >= 15 is 0 Å². The van der Waals surface area contributed by atoms with Crippen molar-refractivity contribution in [1.82, 2.24) is 5.32 Å². The Balaban J connectivity index is 1.96. The summed E-state index contributed by atoms with van der Waals surface area (Å²) in [7, 11) is 0. The summed E-state index contributed by atoms with van der Waals surface area (Å²) in [6, 6.07) is 18.0. The molecule has 2 rings (SSSR count). The van der Waals surface area contributed by atoms with E-state index in [1.807, 2.05) is 68.4 Å². The molecule has 0 atom stereocenters.